The summed E-state index contributed by atoms with van der Waals surface area (Å²) in [7, 11) is 1.39. The third-order valence-corrected chi connectivity index (χ3v) is 3.94. The van der Waals surface area contributed by atoms with Crippen LogP contribution < -0.4 is 11.2 Å². The molecular weight excluding hydrogens is 246 g/mol. The molecule has 1 aliphatic rings. The second kappa shape index (κ2) is 7.11. The standard InChI is InChI=1S/C13H23N3O3/c1-3-13(9-7-11(17)19-2)8-5-4-6-10(13)15-16-12(14)18/h3-9H2,1-2H3,(H3,14,16,18)/b15-10+/t13-/m0/s1. The van der Waals surface area contributed by atoms with E-state index < -0.39 is 6.03 Å². The first-order valence-corrected chi connectivity index (χ1v) is 6.73. The molecular formula is C13H23N3O3. The van der Waals surface area contributed by atoms with Crippen molar-refractivity contribution in [2.24, 2.45) is 16.3 Å². The topological polar surface area (TPSA) is 93.8 Å². The molecule has 0 aromatic heterocycles. The molecule has 0 unspecified atom stereocenters. The van der Waals surface area contributed by atoms with Crippen molar-refractivity contribution < 1.29 is 14.3 Å². The molecule has 6 heteroatoms. The number of hydrazone groups is 1. The number of nitrogens with two attached hydrogens (primary N) is 1. The van der Waals surface area contributed by atoms with E-state index in [0.29, 0.717) is 12.8 Å². The lowest BCUT2D eigenvalue weighted by Crippen LogP contribution is -2.37. The van der Waals surface area contributed by atoms with Crippen LogP contribution in [0.1, 0.15) is 51.9 Å². The number of nitrogens with zero attached hydrogens (tertiary/aromatic N) is 1. The van der Waals surface area contributed by atoms with Gasteiger partial charge in [0.2, 0.25) is 0 Å². The highest BCUT2D eigenvalue weighted by Gasteiger charge is 2.36. The highest BCUT2D eigenvalue weighted by atomic mass is 16.5. The van der Waals surface area contributed by atoms with Gasteiger partial charge in [-0.05, 0) is 32.1 Å². The summed E-state index contributed by atoms with van der Waals surface area (Å²) in [6.45, 7) is 2.09. The van der Waals surface area contributed by atoms with Crippen LogP contribution in [-0.4, -0.2) is 24.8 Å². The van der Waals surface area contributed by atoms with E-state index in [0.717, 1.165) is 37.8 Å². The number of hydrogen-bond donors (Lipinski definition) is 2. The number of primary amides is 1. The van der Waals surface area contributed by atoms with E-state index in [1.807, 2.05) is 0 Å². The minimum Gasteiger partial charge on any atom is -0.469 e. The Balaban J connectivity index is 2.81. The molecule has 0 heterocycles. The molecule has 6 nitrogen and oxygen atoms in total. The first-order valence-electron chi connectivity index (χ1n) is 6.73. The van der Waals surface area contributed by atoms with E-state index in [-0.39, 0.29) is 11.4 Å². The first kappa shape index (κ1) is 15.5. The number of rotatable bonds is 5. The molecule has 1 fully saturated rings. The second-order valence-corrected chi connectivity index (χ2v) is 4.95. The van der Waals surface area contributed by atoms with Crippen LogP contribution in [0.3, 0.4) is 0 Å². The van der Waals surface area contributed by atoms with Crippen molar-refractivity contribution in [1.29, 1.82) is 0 Å². The van der Waals surface area contributed by atoms with E-state index in [2.05, 4.69) is 17.5 Å². The van der Waals surface area contributed by atoms with Crippen LogP contribution >= 0.6 is 0 Å². The molecule has 1 rings (SSSR count). The first-order chi connectivity index (χ1) is 9.04. The van der Waals surface area contributed by atoms with E-state index >= 15 is 0 Å². The number of methoxy groups -OCH3 is 1. The summed E-state index contributed by atoms with van der Waals surface area (Å²) in [5.41, 5.74) is 8.20. The SMILES string of the molecule is CC[C@@]1(CCC(=O)OC)CCCC/C1=N\NC(N)=O. The molecule has 1 atom stereocenters. The van der Waals surface area contributed by atoms with Gasteiger partial charge in [-0.3, -0.25) is 4.79 Å². The van der Waals surface area contributed by atoms with Crippen molar-refractivity contribution in [2.75, 3.05) is 7.11 Å². The number of nitrogens with one attached hydrogen (secondary N) is 1. The summed E-state index contributed by atoms with van der Waals surface area (Å²) in [4.78, 5) is 22.1. The van der Waals surface area contributed by atoms with Gasteiger partial charge in [0.15, 0.2) is 0 Å². The van der Waals surface area contributed by atoms with E-state index in [1.54, 1.807) is 0 Å². The highest BCUT2D eigenvalue weighted by Crippen LogP contribution is 2.41. The van der Waals surface area contributed by atoms with Crippen molar-refractivity contribution in [2.45, 2.75) is 51.9 Å². The van der Waals surface area contributed by atoms with E-state index in [4.69, 9.17) is 10.5 Å². The molecule has 0 radical (unpaired) electrons. The molecule has 0 aliphatic heterocycles. The number of ether oxygens (including phenoxy) is 1. The largest absolute Gasteiger partial charge is 0.469 e. The fourth-order valence-corrected chi connectivity index (χ4v) is 2.73. The van der Waals surface area contributed by atoms with Crippen LogP contribution in [0.2, 0.25) is 0 Å². The molecule has 1 saturated carbocycles. The average Bonchev–Trinajstić information content (AvgIpc) is 2.43. The zero-order chi connectivity index (χ0) is 14.3. The highest BCUT2D eigenvalue weighted by molar-refractivity contribution is 5.92. The number of carbonyl (C=O) groups excluding carboxylic acids is 2. The zero-order valence-corrected chi connectivity index (χ0v) is 11.7. The maximum atomic E-state index is 11.3. The van der Waals surface area contributed by atoms with Gasteiger partial charge in [0.25, 0.3) is 0 Å². The van der Waals surface area contributed by atoms with Gasteiger partial charge < -0.3 is 10.5 Å². The summed E-state index contributed by atoms with van der Waals surface area (Å²) in [5, 5.41) is 4.15. The monoisotopic (exact) mass is 269 g/mol. The van der Waals surface area contributed by atoms with Gasteiger partial charge in [-0.15, -0.1) is 0 Å². The van der Waals surface area contributed by atoms with Crippen molar-refractivity contribution >= 4 is 17.7 Å². The summed E-state index contributed by atoms with van der Waals surface area (Å²) in [5.74, 6) is -0.208. The van der Waals surface area contributed by atoms with Gasteiger partial charge in [-0.1, -0.05) is 13.3 Å². The number of carbonyl (C=O) groups is 2. The number of urea groups is 1. The van der Waals surface area contributed by atoms with Crippen molar-refractivity contribution in [3.05, 3.63) is 0 Å². The fourth-order valence-electron chi connectivity index (χ4n) is 2.73. The van der Waals surface area contributed by atoms with Gasteiger partial charge in [0, 0.05) is 17.5 Å². The summed E-state index contributed by atoms with van der Waals surface area (Å²) < 4.78 is 4.70. The van der Waals surface area contributed by atoms with Crippen molar-refractivity contribution in [1.82, 2.24) is 5.43 Å². The minimum absolute atomic E-state index is 0.116. The van der Waals surface area contributed by atoms with Crippen LogP contribution in [0.25, 0.3) is 0 Å². The van der Waals surface area contributed by atoms with Crippen LogP contribution in [0.5, 0.6) is 0 Å². The van der Waals surface area contributed by atoms with E-state index in [1.165, 1.54) is 7.11 Å². The lowest BCUT2D eigenvalue weighted by Gasteiger charge is -2.37. The molecule has 0 spiro atoms. The van der Waals surface area contributed by atoms with Crippen molar-refractivity contribution in [3.8, 4) is 0 Å². The maximum absolute atomic E-state index is 11.3. The van der Waals surface area contributed by atoms with Gasteiger partial charge >= 0.3 is 12.0 Å². The quantitative estimate of drug-likeness (QED) is 0.590. The van der Waals surface area contributed by atoms with Gasteiger partial charge in [-0.2, -0.15) is 5.10 Å². The van der Waals surface area contributed by atoms with Gasteiger partial charge in [0.1, 0.15) is 0 Å². The van der Waals surface area contributed by atoms with Crippen LogP contribution in [0.4, 0.5) is 4.79 Å². The molecule has 108 valence electrons. The fraction of sp³-hybridized carbons (Fsp3) is 0.769. The Morgan fingerprint density at radius 1 is 1.47 bits per heavy atom. The van der Waals surface area contributed by atoms with Gasteiger partial charge in [0.05, 0.1) is 7.11 Å². The zero-order valence-electron chi connectivity index (χ0n) is 11.7. The molecule has 0 saturated heterocycles. The molecule has 0 aromatic rings. The lowest BCUT2D eigenvalue weighted by atomic mass is 9.68. The van der Waals surface area contributed by atoms with Crippen LogP contribution in [0.15, 0.2) is 5.10 Å². The Hall–Kier alpha value is -1.59. The Kier molecular flexibility index (Phi) is 5.79. The average molecular weight is 269 g/mol. The molecule has 19 heavy (non-hydrogen) atoms. The van der Waals surface area contributed by atoms with Crippen LogP contribution in [-0.2, 0) is 9.53 Å². The maximum Gasteiger partial charge on any atom is 0.332 e. The normalized spacial score (nSPS) is 25.1. The third-order valence-electron chi connectivity index (χ3n) is 3.94. The summed E-state index contributed by atoms with van der Waals surface area (Å²) >= 11 is 0. The van der Waals surface area contributed by atoms with Crippen molar-refractivity contribution in [3.63, 3.8) is 0 Å². The lowest BCUT2D eigenvalue weighted by molar-refractivity contribution is -0.141. The number of hydrogen-bond acceptors (Lipinski definition) is 4. The Morgan fingerprint density at radius 3 is 2.79 bits per heavy atom. The molecule has 0 bridgehead atoms. The van der Waals surface area contributed by atoms with Crippen LogP contribution in [0, 0.1) is 5.41 Å². The predicted octanol–water partition coefficient (Wildman–Crippen LogP) is 1.93. The molecule has 1 aliphatic carbocycles. The number of esters is 1. The Bertz CT molecular complexity index is 368. The molecule has 2 amide bonds. The summed E-state index contributed by atoms with van der Waals surface area (Å²) in [6, 6.07) is -0.656. The minimum atomic E-state index is -0.656. The third kappa shape index (κ3) is 4.22. The molecule has 0 aromatic carbocycles. The predicted molar refractivity (Wildman–Crippen MR) is 72.6 cm³/mol. The summed E-state index contributed by atoms with van der Waals surface area (Å²) in [6.07, 6.45) is 5.97. The second-order valence-electron chi connectivity index (χ2n) is 4.95. The smallest absolute Gasteiger partial charge is 0.332 e. The van der Waals surface area contributed by atoms with Gasteiger partial charge in [-0.25, -0.2) is 10.2 Å². The Morgan fingerprint density at radius 2 is 2.21 bits per heavy atom. The molecule has 3 N–H and O–H groups in total. The Labute approximate surface area is 113 Å². The van der Waals surface area contributed by atoms with E-state index in [9.17, 15) is 9.59 Å². The number of amides is 2.